The summed E-state index contributed by atoms with van der Waals surface area (Å²) >= 11 is 0. The van der Waals surface area contributed by atoms with Crippen LogP contribution in [0.1, 0.15) is 18.9 Å². The molecule has 0 bridgehead atoms. The Bertz CT molecular complexity index is 302. The number of benzene rings is 1. The van der Waals surface area contributed by atoms with Gasteiger partial charge in [-0.15, -0.1) is 0 Å². The Hall–Kier alpha value is -0.930. The minimum absolute atomic E-state index is 0.165. The van der Waals surface area contributed by atoms with Crippen molar-refractivity contribution in [3.05, 3.63) is 35.6 Å². The first-order chi connectivity index (χ1) is 7.76. The first kappa shape index (κ1) is 13.1. The first-order valence-electron chi connectivity index (χ1n) is 5.86. The maximum absolute atomic E-state index is 12.9. The van der Waals surface area contributed by atoms with Crippen LogP contribution in [-0.2, 0) is 6.54 Å². The fraction of sp³-hybridized carbons (Fsp3) is 0.538. The van der Waals surface area contributed by atoms with E-state index in [0.717, 1.165) is 31.6 Å². The van der Waals surface area contributed by atoms with Gasteiger partial charge in [-0.05, 0) is 43.8 Å². The van der Waals surface area contributed by atoms with Crippen LogP contribution in [-0.4, -0.2) is 20.1 Å². The van der Waals surface area contributed by atoms with Gasteiger partial charge in [0, 0.05) is 6.54 Å². The average molecular weight is 224 g/mol. The van der Waals surface area contributed by atoms with E-state index in [2.05, 4.69) is 17.6 Å². The van der Waals surface area contributed by atoms with Gasteiger partial charge in [-0.25, -0.2) is 4.39 Å². The summed E-state index contributed by atoms with van der Waals surface area (Å²) in [6.45, 7) is 4.91. The summed E-state index contributed by atoms with van der Waals surface area (Å²) in [6, 6.07) is 6.73. The topological polar surface area (TPSA) is 24.1 Å². The van der Waals surface area contributed by atoms with Gasteiger partial charge < -0.3 is 10.6 Å². The van der Waals surface area contributed by atoms with Crippen molar-refractivity contribution in [3.63, 3.8) is 0 Å². The second-order valence-corrected chi connectivity index (χ2v) is 4.09. The molecule has 1 unspecified atom stereocenters. The van der Waals surface area contributed by atoms with Gasteiger partial charge in [-0.3, -0.25) is 0 Å². The second kappa shape index (κ2) is 7.36. The molecule has 0 saturated heterocycles. The maximum Gasteiger partial charge on any atom is 0.123 e. The molecule has 0 heterocycles. The summed E-state index contributed by atoms with van der Waals surface area (Å²) in [5, 5.41) is 6.53. The number of halogens is 1. The van der Waals surface area contributed by atoms with E-state index in [1.54, 1.807) is 12.1 Å². The van der Waals surface area contributed by atoms with Gasteiger partial charge in [-0.2, -0.15) is 0 Å². The van der Waals surface area contributed by atoms with E-state index in [9.17, 15) is 4.39 Å². The van der Waals surface area contributed by atoms with Crippen molar-refractivity contribution in [1.29, 1.82) is 0 Å². The van der Waals surface area contributed by atoms with E-state index in [1.807, 2.05) is 13.1 Å². The lowest BCUT2D eigenvalue weighted by Crippen LogP contribution is -2.29. The number of hydrogen-bond acceptors (Lipinski definition) is 2. The van der Waals surface area contributed by atoms with Gasteiger partial charge in [0.25, 0.3) is 0 Å². The second-order valence-electron chi connectivity index (χ2n) is 4.09. The molecule has 2 nitrogen and oxygen atoms in total. The zero-order chi connectivity index (χ0) is 11.8. The molecule has 0 spiro atoms. The molecule has 0 fully saturated rings. The zero-order valence-electron chi connectivity index (χ0n) is 10.1. The SMILES string of the molecule is CCC(CNC)CNCc1cccc(F)c1. The molecule has 2 N–H and O–H groups in total. The lowest BCUT2D eigenvalue weighted by Gasteiger charge is -2.15. The van der Waals surface area contributed by atoms with Crippen LogP contribution in [0.2, 0.25) is 0 Å². The van der Waals surface area contributed by atoms with Crippen molar-refractivity contribution in [1.82, 2.24) is 10.6 Å². The molecular weight excluding hydrogens is 203 g/mol. The van der Waals surface area contributed by atoms with E-state index in [4.69, 9.17) is 0 Å². The van der Waals surface area contributed by atoms with Crippen LogP contribution >= 0.6 is 0 Å². The zero-order valence-corrected chi connectivity index (χ0v) is 10.1. The fourth-order valence-corrected chi connectivity index (χ4v) is 1.72. The van der Waals surface area contributed by atoms with Crippen LogP contribution in [0.5, 0.6) is 0 Å². The third-order valence-corrected chi connectivity index (χ3v) is 2.72. The molecule has 0 aliphatic heterocycles. The summed E-state index contributed by atoms with van der Waals surface area (Å²) < 4.78 is 12.9. The highest BCUT2D eigenvalue weighted by Gasteiger charge is 2.04. The van der Waals surface area contributed by atoms with Crippen LogP contribution in [0.25, 0.3) is 0 Å². The molecule has 1 atom stereocenters. The van der Waals surface area contributed by atoms with Gasteiger partial charge in [-0.1, -0.05) is 25.5 Å². The van der Waals surface area contributed by atoms with Crippen molar-refractivity contribution in [2.45, 2.75) is 19.9 Å². The predicted octanol–water partition coefficient (Wildman–Crippen LogP) is 2.16. The Morgan fingerprint density at radius 2 is 2.12 bits per heavy atom. The van der Waals surface area contributed by atoms with Crippen molar-refractivity contribution < 1.29 is 4.39 Å². The highest BCUT2D eigenvalue weighted by Crippen LogP contribution is 2.04. The minimum Gasteiger partial charge on any atom is -0.319 e. The minimum atomic E-state index is -0.165. The predicted molar refractivity (Wildman–Crippen MR) is 65.8 cm³/mol. The Kier molecular flexibility index (Phi) is 6.04. The molecule has 0 radical (unpaired) electrons. The molecule has 1 aromatic rings. The Morgan fingerprint density at radius 1 is 1.31 bits per heavy atom. The molecule has 1 rings (SSSR count). The van der Waals surface area contributed by atoms with E-state index in [-0.39, 0.29) is 5.82 Å². The van der Waals surface area contributed by atoms with Gasteiger partial charge in [0.15, 0.2) is 0 Å². The summed E-state index contributed by atoms with van der Waals surface area (Å²) in [6.07, 6.45) is 1.15. The smallest absolute Gasteiger partial charge is 0.123 e. The van der Waals surface area contributed by atoms with Crippen LogP contribution in [0, 0.1) is 11.7 Å². The molecule has 0 amide bonds. The lowest BCUT2D eigenvalue weighted by atomic mass is 10.1. The molecular formula is C13H21FN2. The van der Waals surface area contributed by atoms with Crippen LogP contribution < -0.4 is 10.6 Å². The molecule has 0 aliphatic carbocycles. The Labute approximate surface area is 97.3 Å². The van der Waals surface area contributed by atoms with Crippen molar-refractivity contribution in [2.75, 3.05) is 20.1 Å². The summed E-state index contributed by atoms with van der Waals surface area (Å²) in [5.74, 6) is 0.472. The van der Waals surface area contributed by atoms with Crippen molar-refractivity contribution >= 4 is 0 Å². The van der Waals surface area contributed by atoms with Gasteiger partial charge >= 0.3 is 0 Å². The van der Waals surface area contributed by atoms with Crippen LogP contribution in [0.3, 0.4) is 0 Å². The molecule has 1 aromatic carbocycles. The monoisotopic (exact) mass is 224 g/mol. The average Bonchev–Trinajstić information content (AvgIpc) is 2.28. The van der Waals surface area contributed by atoms with Gasteiger partial charge in [0.1, 0.15) is 5.82 Å². The number of hydrogen-bond donors (Lipinski definition) is 2. The van der Waals surface area contributed by atoms with Gasteiger partial charge in [0.05, 0.1) is 0 Å². The van der Waals surface area contributed by atoms with E-state index in [1.165, 1.54) is 6.07 Å². The lowest BCUT2D eigenvalue weighted by molar-refractivity contribution is 0.444. The molecule has 0 saturated carbocycles. The highest BCUT2D eigenvalue weighted by molar-refractivity contribution is 5.15. The Balaban J connectivity index is 2.29. The summed E-state index contributed by atoms with van der Waals surface area (Å²) in [4.78, 5) is 0. The molecule has 0 aromatic heterocycles. The third kappa shape index (κ3) is 4.73. The molecule has 16 heavy (non-hydrogen) atoms. The quantitative estimate of drug-likeness (QED) is 0.741. The largest absolute Gasteiger partial charge is 0.319 e. The summed E-state index contributed by atoms with van der Waals surface area (Å²) in [5.41, 5.74) is 0.999. The highest BCUT2D eigenvalue weighted by atomic mass is 19.1. The first-order valence-corrected chi connectivity index (χ1v) is 5.86. The Morgan fingerprint density at radius 3 is 2.75 bits per heavy atom. The number of rotatable bonds is 7. The molecule has 0 aliphatic rings. The third-order valence-electron chi connectivity index (χ3n) is 2.72. The van der Waals surface area contributed by atoms with Crippen LogP contribution in [0.15, 0.2) is 24.3 Å². The molecule has 90 valence electrons. The van der Waals surface area contributed by atoms with E-state index < -0.39 is 0 Å². The van der Waals surface area contributed by atoms with E-state index in [0.29, 0.717) is 5.92 Å². The maximum atomic E-state index is 12.9. The van der Waals surface area contributed by atoms with Crippen LogP contribution in [0.4, 0.5) is 4.39 Å². The van der Waals surface area contributed by atoms with Gasteiger partial charge in [0.2, 0.25) is 0 Å². The normalized spacial score (nSPS) is 12.7. The van der Waals surface area contributed by atoms with Crippen molar-refractivity contribution in [3.8, 4) is 0 Å². The number of nitrogens with one attached hydrogen (secondary N) is 2. The van der Waals surface area contributed by atoms with E-state index >= 15 is 0 Å². The fourth-order valence-electron chi connectivity index (χ4n) is 1.72. The molecule has 3 heteroatoms. The standard InChI is InChI=1S/C13H21FN2/c1-3-11(8-15-2)9-16-10-12-5-4-6-13(14)7-12/h4-7,11,15-16H,3,8-10H2,1-2H3. The van der Waals surface area contributed by atoms with Crippen molar-refractivity contribution in [2.24, 2.45) is 5.92 Å². The summed E-state index contributed by atoms with van der Waals surface area (Å²) in [7, 11) is 1.97.